The van der Waals surface area contributed by atoms with Gasteiger partial charge in [0.05, 0.1) is 12.1 Å². The number of rotatable bonds is 2. The Hall–Kier alpha value is -2.98. The Morgan fingerprint density at radius 3 is 2.50 bits per heavy atom. The van der Waals surface area contributed by atoms with Crippen LogP contribution in [0.15, 0.2) is 18.5 Å². The summed E-state index contributed by atoms with van der Waals surface area (Å²) in [6, 6.07) is 3.57. The van der Waals surface area contributed by atoms with E-state index in [4.69, 9.17) is 0 Å². The third-order valence-corrected chi connectivity index (χ3v) is 5.57. The lowest BCUT2D eigenvalue weighted by molar-refractivity contribution is -0.146. The summed E-state index contributed by atoms with van der Waals surface area (Å²) in [4.78, 5) is 12.9. The zero-order chi connectivity index (χ0) is 19.6. The molecular weight excluding hydrogens is 373 g/mol. The van der Waals surface area contributed by atoms with Crippen LogP contribution in [0.4, 0.5) is 24.8 Å². The summed E-state index contributed by atoms with van der Waals surface area (Å²) in [5.41, 5.74) is 2.07. The van der Waals surface area contributed by atoms with Crippen LogP contribution in [-0.4, -0.2) is 55.0 Å². The number of alkyl halides is 3. The van der Waals surface area contributed by atoms with Gasteiger partial charge in [0.1, 0.15) is 18.0 Å². The van der Waals surface area contributed by atoms with Crippen LogP contribution < -0.4 is 9.80 Å². The average Bonchev–Trinajstić information content (AvgIpc) is 3.07. The molecule has 0 N–H and O–H groups in total. The number of aromatic nitrogens is 6. The minimum absolute atomic E-state index is 0.0791. The topological polar surface area (TPSA) is 75.3 Å². The molecule has 3 saturated heterocycles. The summed E-state index contributed by atoms with van der Waals surface area (Å²) in [6.45, 7) is 5.43. The van der Waals surface area contributed by atoms with Crippen LogP contribution in [-0.2, 0) is 6.18 Å². The van der Waals surface area contributed by atoms with Gasteiger partial charge < -0.3 is 9.80 Å². The molecule has 0 saturated carbocycles. The number of halogens is 3. The van der Waals surface area contributed by atoms with Crippen LogP contribution in [0.5, 0.6) is 0 Å². The van der Waals surface area contributed by atoms with Crippen LogP contribution in [0.1, 0.15) is 23.5 Å². The van der Waals surface area contributed by atoms with Gasteiger partial charge in [0.25, 0.3) is 5.82 Å². The monoisotopic (exact) mass is 390 g/mol. The average molecular weight is 390 g/mol. The number of piperazine rings is 1. The van der Waals surface area contributed by atoms with Crippen molar-refractivity contribution in [1.82, 2.24) is 29.8 Å². The maximum absolute atomic E-state index is 13.1. The SMILES string of the molecule is Cc1ncnc(N2CC3CC(C2)N3c2ccc3nnc(C(F)(F)F)n3n2)c1C. The van der Waals surface area contributed by atoms with E-state index < -0.39 is 12.0 Å². The van der Waals surface area contributed by atoms with E-state index in [9.17, 15) is 13.2 Å². The van der Waals surface area contributed by atoms with Crippen molar-refractivity contribution in [2.75, 3.05) is 22.9 Å². The quantitative estimate of drug-likeness (QED) is 0.663. The Labute approximate surface area is 158 Å². The van der Waals surface area contributed by atoms with Crippen LogP contribution in [0.25, 0.3) is 5.65 Å². The Balaban J connectivity index is 1.43. The summed E-state index contributed by atoms with van der Waals surface area (Å²) in [7, 11) is 0. The van der Waals surface area contributed by atoms with Crippen molar-refractivity contribution in [2.45, 2.75) is 38.5 Å². The first-order valence-electron chi connectivity index (χ1n) is 8.94. The smallest absolute Gasteiger partial charge is 0.352 e. The lowest BCUT2D eigenvalue weighted by atomic mass is 9.87. The first-order chi connectivity index (χ1) is 13.3. The summed E-state index contributed by atoms with van der Waals surface area (Å²) < 4.78 is 40.1. The second-order valence-electron chi connectivity index (χ2n) is 7.25. The summed E-state index contributed by atoms with van der Waals surface area (Å²) in [5.74, 6) is 0.321. The second kappa shape index (κ2) is 5.76. The first kappa shape index (κ1) is 17.1. The van der Waals surface area contributed by atoms with Gasteiger partial charge in [-0.1, -0.05) is 0 Å². The van der Waals surface area contributed by atoms with Crippen molar-refractivity contribution in [1.29, 1.82) is 0 Å². The molecule has 2 atom stereocenters. The van der Waals surface area contributed by atoms with E-state index in [1.165, 1.54) is 6.07 Å². The molecule has 0 amide bonds. The normalized spacial score (nSPS) is 21.9. The molecular formula is C17H17F3N8. The van der Waals surface area contributed by atoms with Crippen LogP contribution in [0.2, 0.25) is 0 Å². The third kappa shape index (κ3) is 2.49. The van der Waals surface area contributed by atoms with E-state index in [2.05, 4.69) is 35.1 Å². The molecule has 28 heavy (non-hydrogen) atoms. The zero-order valence-corrected chi connectivity index (χ0v) is 15.2. The number of anilines is 2. The Bertz CT molecular complexity index is 1050. The molecule has 0 spiro atoms. The highest BCUT2D eigenvalue weighted by Gasteiger charge is 2.46. The van der Waals surface area contributed by atoms with E-state index in [0.717, 1.165) is 41.1 Å². The van der Waals surface area contributed by atoms with E-state index in [-0.39, 0.29) is 17.7 Å². The molecule has 8 nitrogen and oxygen atoms in total. The highest BCUT2D eigenvalue weighted by molar-refractivity contribution is 5.56. The molecule has 6 heterocycles. The summed E-state index contributed by atoms with van der Waals surface area (Å²) >= 11 is 0. The van der Waals surface area contributed by atoms with E-state index in [1.54, 1.807) is 12.4 Å². The highest BCUT2D eigenvalue weighted by atomic mass is 19.4. The highest BCUT2D eigenvalue weighted by Crippen LogP contribution is 2.38. The number of aryl methyl sites for hydroxylation is 1. The minimum atomic E-state index is -4.60. The van der Waals surface area contributed by atoms with Crippen molar-refractivity contribution in [3.05, 3.63) is 35.5 Å². The second-order valence-corrected chi connectivity index (χ2v) is 7.25. The fourth-order valence-electron chi connectivity index (χ4n) is 4.09. The van der Waals surface area contributed by atoms with E-state index >= 15 is 0 Å². The molecule has 6 rings (SSSR count). The fourth-order valence-corrected chi connectivity index (χ4v) is 4.09. The first-order valence-corrected chi connectivity index (χ1v) is 8.94. The minimum Gasteiger partial charge on any atom is -0.352 e. The fraction of sp³-hybridized carbons (Fsp3) is 0.471. The molecule has 3 aliphatic rings. The van der Waals surface area contributed by atoms with Crippen LogP contribution in [0.3, 0.4) is 0 Å². The van der Waals surface area contributed by atoms with Gasteiger partial charge in [0.15, 0.2) is 5.65 Å². The Morgan fingerprint density at radius 2 is 1.79 bits per heavy atom. The van der Waals surface area contributed by atoms with Gasteiger partial charge in [0, 0.05) is 24.3 Å². The number of nitrogens with zero attached hydrogens (tertiary/aromatic N) is 8. The van der Waals surface area contributed by atoms with Crippen LogP contribution >= 0.6 is 0 Å². The molecule has 146 valence electrons. The Morgan fingerprint density at radius 1 is 1.04 bits per heavy atom. The lowest BCUT2D eigenvalue weighted by Crippen LogP contribution is -2.69. The molecule has 2 bridgehead atoms. The predicted molar refractivity (Wildman–Crippen MR) is 94.2 cm³/mol. The standard InChI is InChI=1S/C17H17F3N8/c1-9-10(2)21-8-22-15(9)26-6-11-5-12(7-26)27(11)14-4-3-13-23-24-16(17(18,19)20)28(13)25-14/h3-4,8,11-12H,5-7H2,1-2H3. The van der Waals surface area contributed by atoms with Gasteiger partial charge in [-0.05, 0) is 32.4 Å². The van der Waals surface area contributed by atoms with Gasteiger partial charge in [0.2, 0.25) is 0 Å². The molecule has 3 aromatic rings. The number of piperidine rings is 1. The molecule has 3 aromatic heterocycles. The van der Waals surface area contributed by atoms with E-state index in [0.29, 0.717) is 5.82 Å². The van der Waals surface area contributed by atoms with Crippen molar-refractivity contribution >= 4 is 17.3 Å². The van der Waals surface area contributed by atoms with Gasteiger partial charge >= 0.3 is 6.18 Å². The molecule has 11 heteroatoms. The van der Waals surface area contributed by atoms with Gasteiger partial charge in [-0.3, -0.25) is 0 Å². The Kier molecular flexibility index (Phi) is 3.52. The lowest BCUT2D eigenvalue weighted by Gasteiger charge is -2.57. The van der Waals surface area contributed by atoms with Gasteiger partial charge in [-0.25, -0.2) is 9.97 Å². The summed E-state index contributed by atoms with van der Waals surface area (Å²) in [6.07, 6.45) is -2.06. The number of hydrogen-bond acceptors (Lipinski definition) is 7. The maximum atomic E-state index is 13.1. The number of fused-ring (bicyclic) bond motifs is 3. The maximum Gasteiger partial charge on any atom is 0.453 e. The third-order valence-electron chi connectivity index (χ3n) is 5.57. The van der Waals surface area contributed by atoms with Crippen molar-refractivity contribution < 1.29 is 13.2 Å². The van der Waals surface area contributed by atoms with Crippen molar-refractivity contribution in [2.24, 2.45) is 0 Å². The molecule has 0 aromatic carbocycles. The van der Waals surface area contributed by atoms with Gasteiger partial charge in [-0.2, -0.15) is 17.7 Å². The summed E-state index contributed by atoms with van der Waals surface area (Å²) in [5, 5.41) is 11.0. The predicted octanol–water partition coefficient (Wildman–Crippen LogP) is 2.02. The number of hydrogen-bond donors (Lipinski definition) is 0. The zero-order valence-electron chi connectivity index (χ0n) is 15.2. The molecule has 3 fully saturated rings. The van der Waals surface area contributed by atoms with Crippen LogP contribution in [0, 0.1) is 13.8 Å². The van der Waals surface area contributed by atoms with Crippen molar-refractivity contribution in [3.63, 3.8) is 0 Å². The van der Waals surface area contributed by atoms with E-state index in [1.807, 2.05) is 13.8 Å². The molecule has 2 unspecified atom stereocenters. The molecule has 0 radical (unpaired) electrons. The largest absolute Gasteiger partial charge is 0.453 e. The molecule has 3 aliphatic heterocycles. The molecule has 0 aliphatic carbocycles. The van der Waals surface area contributed by atoms with Gasteiger partial charge in [-0.15, -0.1) is 15.3 Å². The van der Waals surface area contributed by atoms with Crippen molar-refractivity contribution in [3.8, 4) is 0 Å².